The molecule has 25 heavy (non-hydrogen) atoms. The summed E-state index contributed by atoms with van der Waals surface area (Å²) >= 11 is 5.82. The molecule has 1 aromatic rings. The fourth-order valence-corrected chi connectivity index (χ4v) is 3.72. The number of rotatable bonds is 7. The molecule has 6 nitrogen and oxygen atoms in total. The van der Waals surface area contributed by atoms with Crippen molar-refractivity contribution in [2.75, 3.05) is 0 Å². The predicted octanol–water partition coefficient (Wildman–Crippen LogP) is 3.37. The highest BCUT2D eigenvalue weighted by Crippen LogP contribution is 2.22. The van der Waals surface area contributed by atoms with Gasteiger partial charge in [0.2, 0.25) is 10.0 Å². The highest BCUT2D eigenvalue weighted by molar-refractivity contribution is 7.89. The topological polar surface area (TPSA) is 102 Å². The van der Waals surface area contributed by atoms with E-state index >= 15 is 0 Å². The lowest BCUT2D eigenvalue weighted by molar-refractivity contribution is 0.0954. The van der Waals surface area contributed by atoms with Crippen LogP contribution >= 0.6 is 11.6 Å². The summed E-state index contributed by atoms with van der Waals surface area (Å²) in [5.74, 6) is -0.506. The molecule has 0 heterocycles. The first-order chi connectivity index (χ1) is 11.8. The number of nitrogens with two attached hydrogens (primary N) is 1. The Bertz CT molecular complexity index is 816. The van der Waals surface area contributed by atoms with Crippen LogP contribution in [-0.4, -0.2) is 20.0 Å². The van der Waals surface area contributed by atoms with E-state index < -0.39 is 15.9 Å². The number of benzene rings is 1. The molecule has 2 rings (SSSR count). The standard InChI is InChI=1S/C17H22ClN3O3S/c1-2-3-4-6-12-7-5-8-15(12)20-21-17(22)13-9-10-14(18)16(11-13)25(19,23)24/h7,9-11H,2-6,8H2,1H3,(H,21,22)(H2,19,23,24)/b20-15-. The lowest BCUT2D eigenvalue weighted by Crippen LogP contribution is -2.21. The SMILES string of the molecule is CCCCCC1=CCC/C1=N/NC(=O)c1ccc(Cl)c(S(N)(=O)=O)c1. The first-order valence-electron chi connectivity index (χ1n) is 8.21. The van der Waals surface area contributed by atoms with Crippen LogP contribution in [0.4, 0.5) is 0 Å². The van der Waals surface area contributed by atoms with Gasteiger partial charge in [0.15, 0.2) is 0 Å². The molecule has 0 fully saturated rings. The monoisotopic (exact) mass is 383 g/mol. The Balaban J connectivity index is 2.09. The van der Waals surface area contributed by atoms with Gasteiger partial charge in [-0.05, 0) is 49.5 Å². The lowest BCUT2D eigenvalue weighted by Gasteiger charge is -2.07. The van der Waals surface area contributed by atoms with Crippen LogP contribution in [0.5, 0.6) is 0 Å². The van der Waals surface area contributed by atoms with Gasteiger partial charge in [-0.25, -0.2) is 19.0 Å². The van der Waals surface area contributed by atoms with E-state index in [4.69, 9.17) is 16.7 Å². The zero-order chi connectivity index (χ0) is 18.4. The highest BCUT2D eigenvalue weighted by atomic mass is 35.5. The van der Waals surface area contributed by atoms with Crippen molar-refractivity contribution >= 4 is 33.2 Å². The molecular formula is C17H22ClN3O3S. The van der Waals surface area contributed by atoms with E-state index in [0.717, 1.165) is 50.3 Å². The van der Waals surface area contributed by atoms with Crippen LogP contribution in [0, 0.1) is 0 Å². The first kappa shape index (κ1) is 19.6. The van der Waals surface area contributed by atoms with Gasteiger partial charge in [-0.3, -0.25) is 4.79 Å². The summed E-state index contributed by atoms with van der Waals surface area (Å²) in [7, 11) is -4.00. The van der Waals surface area contributed by atoms with E-state index in [9.17, 15) is 13.2 Å². The van der Waals surface area contributed by atoms with Crippen LogP contribution in [0.1, 0.15) is 55.8 Å². The lowest BCUT2D eigenvalue weighted by atomic mass is 10.1. The van der Waals surface area contributed by atoms with Gasteiger partial charge < -0.3 is 0 Å². The van der Waals surface area contributed by atoms with E-state index in [0.29, 0.717) is 0 Å². The first-order valence-corrected chi connectivity index (χ1v) is 10.1. The number of hydrazone groups is 1. The Morgan fingerprint density at radius 2 is 2.12 bits per heavy atom. The number of amides is 1. The summed E-state index contributed by atoms with van der Waals surface area (Å²) in [6, 6.07) is 3.91. The molecule has 3 N–H and O–H groups in total. The predicted molar refractivity (Wildman–Crippen MR) is 99.2 cm³/mol. The summed E-state index contributed by atoms with van der Waals surface area (Å²) in [4.78, 5) is 12.0. The van der Waals surface area contributed by atoms with Crippen molar-refractivity contribution in [2.45, 2.75) is 50.3 Å². The number of halogens is 1. The average molecular weight is 384 g/mol. The molecule has 136 valence electrons. The number of primary sulfonamides is 1. The third-order valence-corrected chi connectivity index (χ3v) is 5.38. The third-order valence-electron chi connectivity index (χ3n) is 3.98. The summed E-state index contributed by atoms with van der Waals surface area (Å²) in [6.07, 6.45) is 8.25. The number of nitrogens with one attached hydrogen (secondary N) is 1. The number of carbonyl (C=O) groups excluding carboxylic acids is 1. The highest BCUT2D eigenvalue weighted by Gasteiger charge is 2.17. The van der Waals surface area contributed by atoms with Crippen LogP contribution in [-0.2, 0) is 10.0 Å². The molecule has 0 saturated heterocycles. The number of sulfonamides is 1. The van der Waals surface area contributed by atoms with Gasteiger partial charge in [-0.1, -0.05) is 37.4 Å². The van der Waals surface area contributed by atoms with E-state index in [1.807, 2.05) is 0 Å². The molecule has 0 unspecified atom stereocenters. The average Bonchev–Trinajstić information content (AvgIpc) is 2.99. The van der Waals surface area contributed by atoms with Crippen LogP contribution in [0.25, 0.3) is 0 Å². The summed E-state index contributed by atoms with van der Waals surface area (Å²) in [5, 5.41) is 9.28. The molecule has 1 aliphatic carbocycles. The second-order valence-corrected chi connectivity index (χ2v) is 7.85. The Kier molecular flexibility index (Phi) is 6.75. The second kappa shape index (κ2) is 8.60. The number of hydrogen-bond acceptors (Lipinski definition) is 4. The van der Waals surface area contributed by atoms with Gasteiger partial charge in [-0.2, -0.15) is 5.10 Å². The van der Waals surface area contributed by atoms with E-state index in [1.165, 1.54) is 17.7 Å². The maximum absolute atomic E-state index is 12.2. The van der Waals surface area contributed by atoms with E-state index in [2.05, 4.69) is 23.5 Å². The fourth-order valence-electron chi connectivity index (χ4n) is 2.65. The zero-order valence-corrected chi connectivity index (χ0v) is 15.7. The van der Waals surface area contributed by atoms with Crippen molar-refractivity contribution in [3.05, 3.63) is 40.4 Å². The number of unbranched alkanes of at least 4 members (excludes halogenated alkanes) is 2. The number of hydrogen-bond donors (Lipinski definition) is 2. The molecule has 1 amide bonds. The Morgan fingerprint density at radius 3 is 2.80 bits per heavy atom. The summed E-state index contributed by atoms with van der Waals surface area (Å²) in [6.45, 7) is 2.15. The van der Waals surface area contributed by atoms with E-state index in [1.54, 1.807) is 0 Å². The summed E-state index contributed by atoms with van der Waals surface area (Å²) < 4.78 is 23.0. The molecule has 0 saturated carbocycles. The minimum atomic E-state index is -4.00. The van der Waals surface area contributed by atoms with E-state index in [-0.39, 0.29) is 15.5 Å². The molecule has 1 aromatic carbocycles. The van der Waals surface area contributed by atoms with Gasteiger partial charge >= 0.3 is 0 Å². The van der Waals surface area contributed by atoms with Crippen LogP contribution in [0.15, 0.2) is 39.8 Å². The van der Waals surface area contributed by atoms with Crippen molar-refractivity contribution in [1.29, 1.82) is 0 Å². The van der Waals surface area contributed by atoms with Crippen molar-refractivity contribution in [2.24, 2.45) is 10.2 Å². The zero-order valence-electron chi connectivity index (χ0n) is 14.1. The fraction of sp³-hybridized carbons (Fsp3) is 0.412. The van der Waals surface area contributed by atoms with Crippen LogP contribution in [0.3, 0.4) is 0 Å². The van der Waals surface area contributed by atoms with Gasteiger partial charge in [0.1, 0.15) is 4.90 Å². The van der Waals surface area contributed by atoms with Crippen molar-refractivity contribution < 1.29 is 13.2 Å². The molecule has 8 heteroatoms. The van der Waals surface area contributed by atoms with Crippen molar-refractivity contribution in [1.82, 2.24) is 5.43 Å². The van der Waals surface area contributed by atoms with Crippen molar-refractivity contribution in [3.63, 3.8) is 0 Å². The number of carbonyl (C=O) groups is 1. The van der Waals surface area contributed by atoms with Gasteiger partial charge in [0.25, 0.3) is 5.91 Å². The van der Waals surface area contributed by atoms with Gasteiger partial charge in [0, 0.05) is 5.56 Å². The molecule has 0 atom stereocenters. The summed E-state index contributed by atoms with van der Waals surface area (Å²) in [5.41, 5.74) is 4.68. The Hall–Kier alpha value is -1.70. The largest absolute Gasteiger partial charge is 0.271 e. The molecular weight excluding hydrogens is 362 g/mol. The van der Waals surface area contributed by atoms with Gasteiger partial charge in [-0.15, -0.1) is 0 Å². The number of nitrogens with zero attached hydrogens (tertiary/aromatic N) is 1. The van der Waals surface area contributed by atoms with Crippen LogP contribution in [0.2, 0.25) is 5.02 Å². The maximum atomic E-state index is 12.2. The smallest absolute Gasteiger partial charge is 0.267 e. The van der Waals surface area contributed by atoms with Crippen molar-refractivity contribution in [3.8, 4) is 0 Å². The maximum Gasteiger partial charge on any atom is 0.271 e. The molecule has 0 spiro atoms. The second-order valence-electron chi connectivity index (χ2n) is 5.91. The molecule has 0 aliphatic heterocycles. The molecule has 1 aliphatic rings. The number of allylic oxidation sites excluding steroid dienone is 2. The third kappa shape index (κ3) is 5.39. The quantitative estimate of drug-likeness (QED) is 0.557. The Labute approximate surface area is 153 Å². The molecule has 0 radical (unpaired) electrons. The van der Waals surface area contributed by atoms with Crippen LogP contribution < -0.4 is 10.6 Å². The normalized spacial score (nSPS) is 16.1. The molecule has 0 bridgehead atoms. The Morgan fingerprint density at radius 1 is 1.36 bits per heavy atom. The molecule has 0 aromatic heterocycles. The van der Waals surface area contributed by atoms with Gasteiger partial charge in [0.05, 0.1) is 10.7 Å². The minimum Gasteiger partial charge on any atom is -0.267 e. The minimum absolute atomic E-state index is 0.0256.